The summed E-state index contributed by atoms with van der Waals surface area (Å²) in [6.45, 7) is 9.35. The molecule has 6 rings (SSSR count). The van der Waals surface area contributed by atoms with E-state index in [1.54, 1.807) is 30.3 Å². The molecule has 2 aliphatic rings. The van der Waals surface area contributed by atoms with Gasteiger partial charge in [0.05, 0.1) is 31.4 Å². The summed E-state index contributed by atoms with van der Waals surface area (Å²) in [7, 11) is 0. The largest absolute Gasteiger partial charge is 0.489 e. The molecule has 4 aromatic rings. The van der Waals surface area contributed by atoms with Crippen LogP contribution in [-0.4, -0.2) is 73.6 Å². The van der Waals surface area contributed by atoms with Crippen LogP contribution < -0.4 is 29.6 Å². The van der Waals surface area contributed by atoms with Crippen molar-refractivity contribution in [1.29, 1.82) is 0 Å². The fourth-order valence-electron chi connectivity index (χ4n) is 5.31. The summed E-state index contributed by atoms with van der Waals surface area (Å²) in [5.41, 5.74) is 2.76. The number of carbonyl (C=O) groups excluding carboxylic acids is 1. The van der Waals surface area contributed by atoms with Crippen LogP contribution in [0.3, 0.4) is 0 Å². The molecule has 3 heterocycles. The van der Waals surface area contributed by atoms with Crippen LogP contribution >= 0.6 is 0 Å². The first kappa shape index (κ1) is 30.4. The Bertz CT molecular complexity index is 1650. The molecular weight excluding hydrogens is 581 g/mol. The van der Waals surface area contributed by atoms with Crippen LogP contribution in [-0.2, 0) is 4.74 Å². The number of nitrogens with one attached hydrogen (secondary N) is 2. The molecule has 3 aromatic carbocycles. The van der Waals surface area contributed by atoms with Crippen LogP contribution in [0.4, 0.5) is 14.9 Å². The van der Waals surface area contributed by atoms with E-state index < -0.39 is 0 Å². The molecule has 0 radical (unpaired) electrons. The van der Waals surface area contributed by atoms with Crippen LogP contribution in [0.25, 0.3) is 10.9 Å². The van der Waals surface area contributed by atoms with Gasteiger partial charge in [-0.2, -0.15) is 0 Å². The lowest BCUT2D eigenvalue weighted by atomic mass is 10.1. The molecule has 2 amide bonds. The van der Waals surface area contributed by atoms with Gasteiger partial charge >= 0.3 is 6.03 Å². The standard InChI is InChI=1S/C33H36FN5O6/c1-21-18-25(38-33(40)37-22(2)23-4-6-24(34)7-5-23)8-9-27(21)45-32-29-26(35-20-36-32)19-28(30-31(29)44-17-16-43-30)42-13-3-10-39-11-14-41-15-12-39/h4-9,18-20,22H,3,10-17H2,1-2H3,(H2,37,38,40). The van der Waals surface area contributed by atoms with Crippen molar-refractivity contribution in [3.8, 4) is 28.9 Å². The second kappa shape index (κ2) is 14.0. The van der Waals surface area contributed by atoms with E-state index in [4.69, 9.17) is 23.7 Å². The number of carbonyl (C=O) groups is 1. The summed E-state index contributed by atoms with van der Waals surface area (Å²) in [5, 5.41) is 6.28. The molecule has 1 fully saturated rings. The lowest BCUT2D eigenvalue weighted by molar-refractivity contribution is 0.0357. The van der Waals surface area contributed by atoms with Crippen molar-refractivity contribution < 1.29 is 32.9 Å². The molecule has 0 bridgehead atoms. The Morgan fingerprint density at radius 3 is 2.56 bits per heavy atom. The highest BCUT2D eigenvalue weighted by Crippen LogP contribution is 2.48. The van der Waals surface area contributed by atoms with E-state index in [0.717, 1.165) is 50.4 Å². The first-order valence-corrected chi connectivity index (χ1v) is 15.1. The first-order chi connectivity index (χ1) is 21.9. The number of fused-ring (bicyclic) bond motifs is 3. The van der Waals surface area contributed by atoms with Crippen molar-refractivity contribution in [2.75, 3.05) is 58.0 Å². The molecule has 12 heteroatoms. The summed E-state index contributed by atoms with van der Waals surface area (Å²) >= 11 is 0. The second-order valence-electron chi connectivity index (χ2n) is 10.9. The molecular formula is C33H36FN5O6. The molecule has 1 unspecified atom stereocenters. The molecule has 0 aliphatic carbocycles. The molecule has 236 valence electrons. The van der Waals surface area contributed by atoms with E-state index in [0.29, 0.717) is 65.3 Å². The van der Waals surface area contributed by atoms with Gasteiger partial charge in [0.25, 0.3) is 0 Å². The van der Waals surface area contributed by atoms with E-state index in [-0.39, 0.29) is 17.9 Å². The number of amides is 2. The number of morpholine rings is 1. The molecule has 1 aromatic heterocycles. The Labute approximate surface area is 260 Å². The summed E-state index contributed by atoms with van der Waals surface area (Å²) in [5.74, 6) is 2.11. The SMILES string of the molecule is Cc1cc(NC(=O)NC(C)c2ccc(F)cc2)ccc1Oc1ncnc2cc(OCCCN3CCOCC3)c3c(c12)OCCO3. The Hall–Kier alpha value is -4.68. The zero-order valence-corrected chi connectivity index (χ0v) is 25.3. The van der Waals surface area contributed by atoms with Gasteiger partial charge in [-0.25, -0.2) is 19.2 Å². The van der Waals surface area contributed by atoms with Crippen molar-refractivity contribution in [3.05, 3.63) is 71.8 Å². The summed E-state index contributed by atoms with van der Waals surface area (Å²) in [6.07, 6.45) is 2.30. The molecule has 45 heavy (non-hydrogen) atoms. The highest BCUT2D eigenvalue weighted by molar-refractivity contribution is 5.94. The summed E-state index contributed by atoms with van der Waals surface area (Å²) in [4.78, 5) is 23.9. The number of aromatic nitrogens is 2. The lowest BCUT2D eigenvalue weighted by Crippen LogP contribution is -2.37. The zero-order valence-electron chi connectivity index (χ0n) is 25.3. The van der Waals surface area contributed by atoms with Crippen LogP contribution in [0.15, 0.2) is 54.9 Å². The van der Waals surface area contributed by atoms with Crippen LogP contribution in [0.5, 0.6) is 28.9 Å². The van der Waals surface area contributed by atoms with E-state index in [1.165, 1.54) is 18.5 Å². The number of hydrogen-bond acceptors (Lipinski definition) is 9. The number of anilines is 1. The van der Waals surface area contributed by atoms with Gasteiger partial charge < -0.3 is 34.3 Å². The Morgan fingerprint density at radius 1 is 1.00 bits per heavy atom. The number of urea groups is 1. The average Bonchev–Trinajstić information content (AvgIpc) is 3.05. The Balaban J connectivity index is 1.14. The number of aryl methyl sites for hydroxylation is 1. The third kappa shape index (κ3) is 7.35. The highest BCUT2D eigenvalue weighted by Gasteiger charge is 2.26. The van der Waals surface area contributed by atoms with Crippen molar-refractivity contribution >= 4 is 22.6 Å². The first-order valence-electron chi connectivity index (χ1n) is 15.1. The van der Waals surface area contributed by atoms with Crippen molar-refractivity contribution in [1.82, 2.24) is 20.2 Å². The molecule has 11 nitrogen and oxygen atoms in total. The minimum atomic E-state index is -0.385. The average molecular weight is 618 g/mol. The van der Waals surface area contributed by atoms with E-state index in [2.05, 4.69) is 25.5 Å². The van der Waals surface area contributed by atoms with Crippen LogP contribution in [0.1, 0.15) is 30.5 Å². The Kier molecular flexibility index (Phi) is 9.41. The van der Waals surface area contributed by atoms with Crippen molar-refractivity contribution in [2.24, 2.45) is 0 Å². The molecule has 0 saturated carbocycles. The maximum absolute atomic E-state index is 13.2. The molecule has 1 atom stereocenters. The Morgan fingerprint density at radius 2 is 1.78 bits per heavy atom. The van der Waals surface area contributed by atoms with Gasteiger partial charge in [0.2, 0.25) is 11.6 Å². The zero-order chi connectivity index (χ0) is 31.2. The van der Waals surface area contributed by atoms with Crippen LogP contribution in [0.2, 0.25) is 0 Å². The smallest absolute Gasteiger partial charge is 0.319 e. The van der Waals surface area contributed by atoms with Gasteiger partial charge in [0.1, 0.15) is 36.5 Å². The van der Waals surface area contributed by atoms with Gasteiger partial charge in [-0.1, -0.05) is 12.1 Å². The maximum Gasteiger partial charge on any atom is 0.319 e. The normalized spacial score (nSPS) is 15.4. The number of nitrogens with zero attached hydrogens (tertiary/aromatic N) is 3. The van der Waals surface area contributed by atoms with Gasteiger partial charge in [-0.05, 0) is 61.7 Å². The molecule has 2 aliphatic heterocycles. The third-order valence-electron chi connectivity index (χ3n) is 7.68. The highest BCUT2D eigenvalue weighted by atomic mass is 19.1. The third-order valence-corrected chi connectivity index (χ3v) is 7.68. The van der Waals surface area contributed by atoms with Crippen molar-refractivity contribution in [2.45, 2.75) is 26.3 Å². The van der Waals surface area contributed by atoms with E-state index in [1.807, 2.05) is 19.9 Å². The van der Waals surface area contributed by atoms with E-state index in [9.17, 15) is 9.18 Å². The van der Waals surface area contributed by atoms with Gasteiger partial charge in [-0.3, -0.25) is 4.90 Å². The second-order valence-corrected chi connectivity index (χ2v) is 10.9. The number of benzene rings is 3. The number of halogens is 1. The minimum absolute atomic E-state index is 0.307. The van der Waals surface area contributed by atoms with Gasteiger partial charge in [0.15, 0.2) is 11.5 Å². The number of ether oxygens (including phenoxy) is 5. The van der Waals surface area contributed by atoms with Gasteiger partial charge in [0, 0.05) is 31.4 Å². The van der Waals surface area contributed by atoms with Crippen molar-refractivity contribution in [3.63, 3.8) is 0 Å². The fraction of sp³-hybridized carbons (Fsp3) is 0.364. The summed E-state index contributed by atoms with van der Waals surface area (Å²) < 4.78 is 43.2. The lowest BCUT2D eigenvalue weighted by Gasteiger charge is -2.26. The molecule has 1 saturated heterocycles. The van der Waals surface area contributed by atoms with E-state index >= 15 is 0 Å². The maximum atomic E-state index is 13.2. The predicted molar refractivity (Wildman–Crippen MR) is 166 cm³/mol. The predicted octanol–water partition coefficient (Wildman–Crippen LogP) is 5.62. The monoisotopic (exact) mass is 617 g/mol. The number of hydrogen-bond donors (Lipinski definition) is 2. The van der Waals surface area contributed by atoms with Gasteiger partial charge in [-0.15, -0.1) is 0 Å². The quantitative estimate of drug-likeness (QED) is 0.219. The number of rotatable bonds is 10. The van der Waals surface area contributed by atoms with Crippen LogP contribution in [0, 0.1) is 12.7 Å². The molecule has 0 spiro atoms. The fourth-order valence-corrected chi connectivity index (χ4v) is 5.31. The molecule has 2 N–H and O–H groups in total. The topological polar surface area (TPSA) is 116 Å². The minimum Gasteiger partial charge on any atom is -0.489 e. The summed E-state index contributed by atoms with van der Waals surface area (Å²) in [6, 6.07) is 12.5.